The van der Waals surface area contributed by atoms with Crippen LogP contribution in [0.3, 0.4) is 0 Å². The summed E-state index contributed by atoms with van der Waals surface area (Å²) in [7, 11) is 1.64. The predicted molar refractivity (Wildman–Crippen MR) is 112 cm³/mol. The van der Waals surface area contributed by atoms with Crippen LogP contribution in [0.4, 0.5) is 0 Å². The molecule has 1 aromatic heterocycles. The molecule has 1 aromatic carbocycles. The molecule has 0 fully saturated rings. The number of ether oxygens (including phenoxy) is 2. The molecule has 0 saturated heterocycles. The van der Waals surface area contributed by atoms with Crippen molar-refractivity contribution in [1.29, 1.82) is 0 Å². The molecule has 0 aliphatic heterocycles. The minimum atomic E-state index is 0.0397. The fourth-order valence-electron chi connectivity index (χ4n) is 2.58. The third-order valence-electron chi connectivity index (χ3n) is 4.04. The summed E-state index contributed by atoms with van der Waals surface area (Å²) in [5.74, 6) is 2.39. The van der Waals surface area contributed by atoms with Gasteiger partial charge in [0.25, 0.3) is 0 Å². The van der Waals surface area contributed by atoms with E-state index in [0.717, 1.165) is 43.4 Å². The number of aliphatic imine (C=N–C) groups is 1. The summed E-state index contributed by atoms with van der Waals surface area (Å²) in [5.41, 5.74) is 0.0397. The fraction of sp³-hybridized carbons (Fsp3) is 0.429. The molecule has 7 nitrogen and oxygen atoms in total. The molecular formula is C21H30N4O3. The zero-order chi connectivity index (χ0) is 20.0. The van der Waals surface area contributed by atoms with E-state index in [1.165, 1.54) is 0 Å². The lowest BCUT2D eigenvalue weighted by molar-refractivity contribution is 0.321. The number of hydrogen-bond donors (Lipinski definition) is 2. The number of hydrogen-bond acceptors (Lipinski definition) is 4. The zero-order valence-corrected chi connectivity index (χ0v) is 16.7. The van der Waals surface area contributed by atoms with E-state index in [4.69, 9.17) is 9.47 Å². The molecule has 0 aliphatic carbocycles. The van der Waals surface area contributed by atoms with Gasteiger partial charge in [-0.1, -0.05) is 6.07 Å². The third-order valence-corrected chi connectivity index (χ3v) is 4.04. The molecule has 0 spiro atoms. The Morgan fingerprint density at radius 2 is 1.86 bits per heavy atom. The van der Waals surface area contributed by atoms with Gasteiger partial charge in [-0.2, -0.15) is 0 Å². The van der Waals surface area contributed by atoms with E-state index in [-0.39, 0.29) is 5.56 Å². The summed E-state index contributed by atoms with van der Waals surface area (Å²) in [6.45, 7) is 5.44. The normalized spacial score (nSPS) is 11.1. The van der Waals surface area contributed by atoms with Crippen molar-refractivity contribution in [2.24, 2.45) is 4.99 Å². The van der Waals surface area contributed by atoms with Crippen LogP contribution in [0.2, 0.25) is 0 Å². The third kappa shape index (κ3) is 7.73. The highest BCUT2D eigenvalue weighted by molar-refractivity contribution is 5.79. The van der Waals surface area contributed by atoms with Crippen LogP contribution in [-0.2, 0) is 6.54 Å². The molecule has 0 saturated carbocycles. The highest BCUT2D eigenvalue weighted by Gasteiger charge is 1.99. The van der Waals surface area contributed by atoms with Gasteiger partial charge in [-0.15, -0.1) is 0 Å². The minimum absolute atomic E-state index is 0.0397. The zero-order valence-electron chi connectivity index (χ0n) is 16.7. The first kappa shape index (κ1) is 21.3. The molecular weight excluding hydrogens is 356 g/mol. The van der Waals surface area contributed by atoms with E-state index >= 15 is 0 Å². The second-order valence-electron chi connectivity index (χ2n) is 6.15. The maximum absolute atomic E-state index is 11.7. The van der Waals surface area contributed by atoms with Crippen molar-refractivity contribution in [2.45, 2.75) is 26.3 Å². The quantitative estimate of drug-likeness (QED) is 0.352. The van der Waals surface area contributed by atoms with Gasteiger partial charge in [0.1, 0.15) is 18.1 Å². The summed E-state index contributed by atoms with van der Waals surface area (Å²) in [4.78, 5) is 16.2. The fourth-order valence-corrected chi connectivity index (χ4v) is 2.58. The Labute approximate surface area is 166 Å². The van der Waals surface area contributed by atoms with Gasteiger partial charge in [-0.3, -0.25) is 9.79 Å². The Morgan fingerprint density at radius 1 is 1.07 bits per heavy atom. The molecule has 2 aromatic rings. The number of rotatable bonds is 11. The lowest BCUT2D eigenvalue weighted by Crippen LogP contribution is -2.39. The maximum Gasteiger partial charge on any atom is 0.250 e. The first-order chi connectivity index (χ1) is 13.7. The molecule has 0 aliphatic rings. The second-order valence-corrected chi connectivity index (χ2v) is 6.15. The van der Waals surface area contributed by atoms with E-state index in [0.29, 0.717) is 19.7 Å². The van der Waals surface area contributed by atoms with Gasteiger partial charge in [0.15, 0.2) is 5.96 Å². The first-order valence-electron chi connectivity index (χ1n) is 9.67. The van der Waals surface area contributed by atoms with Gasteiger partial charge in [-0.05, 0) is 50.1 Å². The van der Waals surface area contributed by atoms with E-state index in [2.05, 4.69) is 15.6 Å². The van der Waals surface area contributed by atoms with Gasteiger partial charge >= 0.3 is 0 Å². The summed E-state index contributed by atoms with van der Waals surface area (Å²) in [6.07, 6.45) is 3.65. The van der Waals surface area contributed by atoms with Crippen molar-refractivity contribution >= 4 is 5.96 Å². The van der Waals surface area contributed by atoms with Crippen LogP contribution in [0, 0.1) is 0 Å². The summed E-state index contributed by atoms with van der Waals surface area (Å²) in [5, 5.41) is 6.49. The largest absolute Gasteiger partial charge is 0.497 e. The van der Waals surface area contributed by atoms with Crippen molar-refractivity contribution in [2.75, 3.05) is 33.4 Å². The van der Waals surface area contributed by atoms with Crippen LogP contribution in [0.1, 0.15) is 19.8 Å². The Balaban J connectivity index is 1.66. The highest BCUT2D eigenvalue weighted by Crippen LogP contribution is 2.16. The van der Waals surface area contributed by atoms with Crippen LogP contribution >= 0.6 is 0 Å². The van der Waals surface area contributed by atoms with Crippen molar-refractivity contribution in [1.82, 2.24) is 15.2 Å². The number of pyridine rings is 1. The minimum Gasteiger partial charge on any atom is -0.497 e. The Kier molecular flexibility index (Phi) is 9.47. The molecule has 28 heavy (non-hydrogen) atoms. The first-order valence-corrected chi connectivity index (χ1v) is 9.67. The van der Waals surface area contributed by atoms with E-state index in [1.807, 2.05) is 43.5 Å². The molecule has 0 atom stereocenters. The van der Waals surface area contributed by atoms with Crippen LogP contribution < -0.4 is 25.7 Å². The predicted octanol–water partition coefficient (Wildman–Crippen LogP) is 2.27. The molecule has 1 heterocycles. The average Bonchev–Trinajstić information content (AvgIpc) is 2.72. The number of nitrogens with zero attached hydrogens (tertiary/aromatic N) is 2. The molecule has 0 unspecified atom stereocenters. The van der Waals surface area contributed by atoms with E-state index < -0.39 is 0 Å². The number of aromatic nitrogens is 1. The molecule has 2 rings (SSSR count). The molecule has 2 N–H and O–H groups in total. The standard InChI is InChI=1S/C21H30N4O3/c1-3-22-21(23-13-5-7-16-25-15-6-4-8-20(25)26)24-14-17-28-19-11-9-18(27-2)10-12-19/h4,6,8-12,15H,3,5,7,13-14,16-17H2,1-2H3,(H2,22,23,24). The molecule has 0 amide bonds. The Bertz CT molecular complexity index is 772. The van der Waals surface area contributed by atoms with Crippen molar-refractivity contribution in [3.63, 3.8) is 0 Å². The van der Waals surface area contributed by atoms with Crippen molar-refractivity contribution in [3.05, 3.63) is 59.0 Å². The molecule has 152 valence electrons. The molecule has 0 bridgehead atoms. The lowest BCUT2D eigenvalue weighted by Gasteiger charge is -2.12. The summed E-state index contributed by atoms with van der Waals surface area (Å²) in [6, 6.07) is 12.7. The lowest BCUT2D eigenvalue weighted by atomic mass is 10.3. The topological polar surface area (TPSA) is 76.9 Å². The number of methoxy groups -OCH3 is 1. The number of guanidine groups is 1. The van der Waals surface area contributed by atoms with Crippen LogP contribution in [0.15, 0.2) is 58.4 Å². The van der Waals surface area contributed by atoms with Crippen LogP contribution in [-0.4, -0.2) is 43.9 Å². The van der Waals surface area contributed by atoms with Gasteiger partial charge in [0.2, 0.25) is 5.56 Å². The van der Waals surface area contributed by atoms with Gasteiger partial charge in [-0.25, -0.2) is 0 Å². The van der Waals surface area contributed by atoms with Gasteiger partial charge in [0.05, 0.1) is 13.7 Å². The Hall–Kier alpha value is -2.96. The number of unbranched alkanes of at least 4 members (excludes halogenated alkanes) is 1. The van der Waals surface area contributed by atoms with Gasteiger partial charge < -0.3 is 24.7 Å². The van der Waals surface area contributed by atoms with Gasteiger partial charge in [0, 0.05) is 31.9 Å². The maximum atomic E-state index is 11.7. The molecule has 0 radical (unpaired) electrons. The molecule has 7 heteroatoms. The second kappa shape index (κ2) is 12.4. The highest BCUT2D eigenvalue weighted by atomic mass is 16.5. The summed E-state index contributed by atoms with van der Waals surface area (Å²) >= 11 is 0. The van der Waals surface area contributed by atoms with Crippen LogP contribution in [0.25, 0.3) is 0 Å². The number of benzene rings is 1. The number of aryl methyl sites for hydroxylation is 1. The average molecular weight is 386 g/mol. The van der Waals surface area contributed by atoms with Crippen LogP contribution in [0.5, 0.6) is 11.5 Å². The van der Waals surface area contributed by atoms with E-state index in [9.17, 15) is 4.79 Å². The number of nitrogens with one attached hydrogen (secondary N) is 2. The Morgan fingerprint density at radius 3 is 2.57 bits per heavy atom. The monoisotopic (exact) mass is 386 g/mol. The SMILES string of the molecule is CCNC(=NCCCCn1ccccc1=O)NCCOc1ccc(OC)cc1. The van der Waals surface area contributed by atoms with Crippen molar-refractivity contribution < 1.29 is 9.47 Å². The van der Waals surface area contributed by atoms with Crippen molar-refractivity contribution in [3.8, 4) is 11.5 Å². The van der Waals surface area contributed by atoms with E-state index in [1.54, 1.807) is 23.8 Å². The summed E-state index contributed by atoms with van der Waals surface area (Å²) < 4.78 is 12.6. The smallest absolute Gasteiger partial charge is 0.250 e.